The second-order valence-electron chi connectivity index (χ2n) is 5.49. The van der Waals surface area contributed by atoms with Gasteiger partial charge in [-0.2, -0.15) is 13.2 Å². The fraction of sp³-hybridized carbons (Fsp3) is 0.333. The van der Waals surface area contributed by atoms with Crippen molar-refractivity contribution in [1.29, 1.82) is 0 Å². The predicted octanol–water partition coefficient (Wildman–Crippen LogP) is 3.28. The van der Waals surface area contributed by atoms with Crippen molar-refractivity contribution in [2.75, 3.05) is 13.6 Å². The summed E-state index contributed by atoms with van der Waals surface area (Å²) in [6.07, 6.45) is -3.49. The molecule has 0 unspecified atom stereocenters. The number of halogens is 3. The molecule has 1 aromatic heterocycles. The summed E-state index contributed by atoms with van der Waals surface area (Å²) in [4.78, 5) is 8.06. The molecule has 0 fully saturated rings. The van der Waals surface area contributed by atoms with Crippen molar-refractivity contribution in [3.8, 4) is 5.88 Å². The van der Waals surface area contributed by atoms with Crippen molar-refractivity contribution >= 4 is 5.96 Å². The first-order valence-electron chi connectivity index (χ1n) is 8.09. The van der Waals surface area contributed by atoms with Gasteiger partial charge in [0.2, 0.25) is 5.88 Å². The fourth-order valence-corrected chi connectivity index (χ4v) is 2.10. The van der Waals surface area contributed by atoms with E-state index in [0.717, 1.165) is 11.1 Å². The number of aromatic nitrogens is 1. The highest BCUT2D eigenvalue weighted by atomic mass is 19.4. The summed E-state index contributed by atoms with van der Waals surface area (Å²) in [5, 5.41) is 5.59. The van der Waals surface area contributed by atoms with Crippen molar-refractivity contribution in [3.05, 3.63) is 59.8 Å². The Morgan fingerprint density at radius 3 is 2.58 bits per heavy atom. The van der Waals surface area contributed by atoms with E-state index in [0.29, 0.717) is 25.0 Å². The van der Waals surface area contributed by atoms with Crippen LogP contribution >= 0.6 is 0 Å². The molecule has 0 aliphatic rings. The van der Waals surface area contributed by atoms with Gasteiger partial charge in [0.15, 0.2) is 5.96 Å². The molecular formula is C18H21F3N4O. The van der Waals surface area contributed by atoms with Crippen molar-refractivity contribution in [2.45, 2.75) is 25.7 Å². The molecule has 2 N–H and O–H groups in total. The first-order chi connectivity index (χ1) is 12.5. The number of ether oxygens (including phenoxy) is 1. The minimum Gasteiger partial charge on any atom is -0.473 e. The molecule has 2 aromatic rings. The summed E-state index contributed by atoms with van der Waals surface area (Å²) in [5.41, 5.74) is 1.91. The maximum Gasteiger partial charge on any atom is 0.390 e. The summed E-state index contributed by atoms with van der Waals surface area (Å²) in [6, 6.07) is 13.3. The van der Waals surface area contributed by atoms with E-state index >= 15 is 0 Å². The number of nitrogens with one attached hydrogen (secondary N) is 2. The number of alkyl halides is 3. The first-order valence-corrected chi connectivity index (χ1v) is 8.09. The van der Waals surface area contributed by atoms with Crippen LogP contribution in [0.5, 0.6) is 5.88 Å². The molecule has 140 valence electrons. The van der Waals surface area contributed by atoms with Gasteiger partial charge in [-0.3, -0.25) is 4.99 Å². The number of benzene rings is 1. The largest absolute Gasteiger partial charge is 0.473 e. The zero-order valence-electron chi connectivity index (χ0n) is 14.4. The van der Waals surface area contributed by atoms with E-state index in [-0.39, 0.29) is 6.54 Å². The average Bonchev–Trinajstić information content (AvgIpc) is 2.63. The molecule has 0 saturated carbocycles. The van der Waals surface area contributed by atoms with Crippen LogP contribution in [0.1, 0.15) is 17.5 Å². The molecule has 26 heavy (non-hydrogen) atoms. The van der Waals surface area contributed by atoms with Gasteiger partial charge in [0.25, 0.3) is 0 Å². The fourth-order valence-electron chi connectivity index (χ4n) is 2.10. The molecule has 2 rings (SSSR count). The lowest BCUT2D eigenvalue weighted by Gasteiger charge is -2.13. The van der Waals surface area contributed by atoms with Gasteiger partial charge < -0.3 is 15.4 Å². The third-order valence-electron chi connectivity index (χ3n) is 3.41. The zero-order valence-corrected chi connectivity index (χ0v) is 14.4. The second kappa shape index (κ2) is 9.65. The first kappa shape index (κ1) is 19.6. The maximum atomic E-state index is 12.2. The third kappa shape index (κ3) is 7.42. The molecule has 0 spiro atoms. The minimum absolute atomic E-state index is 0.231. The SMILES string of the molecule is CN=C(NCCC(F)(F)F)NCc1ccnc(OCc2ccccc2)c1. The van der Waals surface area contributed by atoms with Crippen LogP contribution in [0.15, 0.2) is 53.7 Å². The van der Waals surface area contributed by atoms with E-state index < -0.39 is 12.6 Å². The smallest absolute Gasteiger partial charge is 0.390 e. The minimum atomic E-state index is -4.19. The number of hydrogen-bond donors (Lipinski definition) is 2. The van der Waals surface area contributed by atoms with Gasteiger partial charge in [-0.25, -0.2) is 4.98 Å². The van der Waals surface area contributed by atoms with E-state index in [4.69, 9.17) is 4.74 Å². The van der Waals surface area contributed by atoms with Crippen LogP contribution in [-0.4, -0.2) is 30.7 Å². The molecule has 0 saturated heterocycles. The topological polar surface area (TPSA) is 58.5 Å². The van der Waals surface area contributed by atoms with Gasteiger partial charge in [-0.1, -0.05) is 30.3 Å². The summed E-state index contributed by atoms with van der Waals surface area (Å²) in [5.74, 6) is 0.783. The van der Waals surface area contributed by atoms with Gasteiger partial charge in [-0.05, 0) is 17.2 Å². The lowest BCUT2D eigenvalue weighted by molar-refractivity contribution is -0.132. The Kier molecular flexibility index (Phi) is 7.25. The average molecular weight is 366 g/mol. The predicted molar refractivity (Wildman–Crippen MR) is 93.9 cm³/mol. The van der Waals surface area contributed by atoms with Gasteiger partial charge in [0.1, 0.15) is 6.61 Å². The van der Waals surface area contributed by atoms with Gasteiger partial charge in [-0.15, -0.1) is 0 Å². The van der Waals surface area contributed by atoms with Crippen molar-refractivity contribution in [1.82, 2.24) is 15.6 Å². The van der Waals surface area contributed by atoms with Gasteiger partial charge in [0, 0.05) is 32.4 Å². The number of aliphatic imine (C=N–C) groups is 1. The van der Waals surface area contributed by atoms with Crippen molar-refractivity contribution in [2.24, 2.45) is 4.99 Å². The Labute approximate surface area is 150 Å². The molecule has 1 aromatic carbocycles. The molecule has 0 amide bonds. The number of hydrogen-bond acceptors (Lipinski definition) is 3. The molecule has 8 heteroatoms. The van der Waals surface area contributed by atoms with Crippen molar-refractivity contribution in [3.63, 3.8) is 0 Å². The van der Waals surface area contributed by atoms with Crippen LogP contribution in [-0.2, 0) is 13.2 Å². The monoisotopic (exact) mass is 366 g/mol. The molecule has 5 nitrogen and oxygen atoms in total. The maximum absolute atomic E-state index is 12.2. The molecule has 1 heterocycles. The third-order valence-corrected chi connectivity index (χ3v) is 3.41. The van der Waals surface area contributed by atoms with E-state index in [1.807, 2.05) is 30.3 Å². The summed E-state index contributed by atoms with van der Waals surface area (Å²) >= 11 is 0. The van der Waals surface area contributed by atoms with Crippen LogP contribution in [0.4, 0.5) is 13.2 Å². The highest BCUT2D eigenvalue weighted by Gasteiger charge is 2.26. The lowest BCUT2D eigenvalue weighted by Crippen LogP contribution is -2.38. The summed E-state index contributed by atoms with van der Waals surface area (Å²) in [6.45, 7) is 0.562. The molecule has 0 aliphatic carbocycles. The molecule has 0 aliphatic heterocycles. The lowest BCUT2D eigenvalue weighted by atomic mass is 10.2. The Bertz CT molecular complexity index is 705. The second-order valence-corrected chi connectivity index (χ2v) is 5.49. The standard InChI is InChI=1S/C18H21F3N4O/c1-22-17(24-10-8-18(19,20)21)25-12-15-7-9-23-16(11-15)26-13-14-5-3-2-4-6-14/h2-7,9,11H,8,10,12-13H2,1H3,(H2,22,24,25). The molecular weight excluding hydrogens is 345 g/mol. The molecule has 0 bridgehead atoms. The van der Waals surface area contributed by atoms with Crippen LogP contribution < -0.4 is 15.4 Å². The Morgan fingerprint density at radius 1 is 1.12 bits per heavy atom. The number of rotatable bonds is 7. The Balaban J connectivity index is 1.81. The quantitative estimate of drug-likeness (QED) is 0.583. The Morgan fingerprint density at radius 2 is 1.88 bits per heavy atom. The highest BCUT2D eigenvalue weighted by Crippen LogP contribution is 2.18. The highest BCUT2D eigenvalue weighted by molar-refractivity contribution is 5.79. The Hall–Kier alpha value is -2.77. The van der Waals surface area contributed by atoms with Crippen LogP contribution in [0.25, 0.3) is 0 Å². The van der Waals surface area contributed by atoms with E-state index in [9.17, 15) is 13.2 Å². The zero-order chi connectivity index (χ0) is 18.8. The van der Waals surface area contributed by atoms with Gasteiger partial charge >= 0.3 is 6.18 Å². The van der Waals surface area contributed by atoms with E-state index in [1.54, 1.807) is 18.3 Å². The summed E-state index contributed by atoms with van der Waals surface area (Å²) < 4.78 is 42.2. The number of pyridine rings is 1. The van der Waals surface area contributed by atoms with Crippen molar-refractivity contribution < 1.29 is 17.9 Å². The van der Waals surface area contributed by atoms with Crippen LogP contribution in [0.2, 0.25) is 0 Å². The number of nitrogens with zero attached hydrogens (tertiary/aromatic N) is 2. The number of guanidine groups is 1. The van der Waals surface area contributed by atoms with Gasteiger partial charge in [0.05, 0.1) is 6.42 Å². The van der Waals surface area contributed by atoms with E-state index in [1.165, 1.54) is 7.05 Å². The summed E-state index contributed by atoms with van der Waals surface area (Å²) in [7, 11) is 1.50. The van der Waals surface area contributed by atoms with E-state index in [2.05, 4.69) is 20.6 Å². The normalized spacial score (nSPS) is 11.9. The molecule has 0 atom stereocenters. The van der Waals surface area contributed by atoms with Crippen LogP contribution in [0.3, 0.4) is 0 Å². The molecule has 0 radical (unpaired) electrons. The van der Waals surface area contributed by atoms with Crippen LogP contribution in [0, 0.1) is 0 Å².